The molecule has 0 saturated heterocycles. The van der Waals surface area contributed by atoms with Gasteiger partial charge in [0.1, 0.15) is 11.6 Å². The quantitative estimate of drug-likeness (QED) is 0.581. The molecule has 0 aliphatic rings. The van der Waals surface area contributed by atoms with Crippen LogP contribution in [0.5, 0.6) is 0 Å². The van der Waals surface area contributed by atoms with Crippen LogP contribution in [0.2, 0.25) is 0 Å². The third-order valence-electron chi connectivity index (χ3n) is 1.72. The molecule has 0 saturated carbocycles. The van der Waals surface area contributed by atoms with Crippen molar-refractivity contribution >= 4 is 5.65 Å². The van der Waals surface area contributed by atoms with Crippen LogP contribution in [0.15, 0.2) is 6.07 Å². The zero-order valence-electron chi connectivity index (χ0n) is 7.37. The molecule has 0 fully saturated rings. The number of fused-ring (bicyclic) bond motifs is 1. The molecule has 0 aliphatic heterocycles. The van der Waals surface area contributed by atoms with Gasteiger partial charge in [0, 0.05) is 6.07 Å². The summed E-state index contributed by atoms with van der Waals surface area (Å²) in [4.78, 5) is 8.45. The summed E-state index contributed by atoms with van der Waals surface area (Å²) in [6, 6.07) is 1.95. The smallest absolute Gasteiger partial charge is 0.159 e. The summed E-state index contributed by atoms with van der Waals surface area (Å²) in [5, 5.41) is 4.25. The SMILES string of the molecule is Cc1cc2nc(C)nc(C)n2n1. The second-order valence-electron chi connectivity index (χ2n) is 2.87. The highest BCUT2D eigenvalue weighted by molar-refractivity contribution is 5.38. The Morgan fingerprint density at radius 1 is 1.17 bits per heavy atom. The fraction of sp³-hybridized carbons (Fsp3) is 0.375. The highest BCUT2D eigenvalue weighted by Gasteiger charge is 2.02. The first-order chi connectivity index (χ1) is 5.66. The van der Waals surface area contributed by atoms with Gasteiger partial charge in [0.05, 0.1) is 5.69 Å². The molecular weight excluding hydrogens is 152 g/mol. The molecule has 0 aromatic carbocycles. The Hall–Kier alpha value is -1.45. The number of hydrogen-bond acceptors (Lipinski definition) is 3. The number of rotatable bonds is 0. The minimum atomic E-state index is 0.792. The van der Waals surface area contributed by atoms with Crippen molar-refractivity contribution in [3.05, 3.63) is 23.4 Å². The van der Waals surface area contributed by atoms with Gasteiger partial charge in [-0.2, -0.15) is 5.10 Å². The van der Waals surface area contributed by atoms with Crippen molar-refractivity contribution in [2.24, 2.45) is 0 Å². The van der Waals surface area contributed by atoms with Gasteiger partial charge < -0.3 is 0 Å². The minimum absolute atomic E-state index is 0.792. The molecule has 2 heterocycles. The average molecular weight is 162 g/mol. The predicted octanol–water partition coefficient (Wildman–Crippen LogP) is 1.05. The van der Waals surface area contributed by atoms with Crippen molar-refractivity contribution in [1.82, 2.24) is 19.6 Å². The Labute approximate surface area is 70.3 Å². The van der Waals surface area contributed by atoms with E-state index >= 15 is 0 Å². The third kappa shape index (κ3) is 0.958. The van der Waals surface area contributed by atoms with Crippen molar-refractivity contribution < 1.29 is 0 Å². The maximum atomic E-state index is 4.25. The average Bonchev–Trinajstić information content (AvgIpc) is 2.29. The van der Waals surface area contributed by atoms with Gasteiger partial charge in [0.15, 0.2) is 5.65 Å². The number of aromatic nitrogens is 4. The van der Waals surface area contributed by atoms with E-state index in [2.05, 4.69) is 15.1 Å². The molecule has 0 spiro atoms. The van der Waals surface area contributed by atoms with E-state index in [9.17, 15) is 0 Å². The normalized spacial score (nSPS) is 10.9. The molecule has 2 aromatic heterocycles. The first-order valence-corrected chi connectivity index (χ1v) is 3.84. The molecule has 4 heteroatoms. The maximum Gasteiger partial charge on any atom is 0.159 e. The molecule has 0 bridgehead atoms. The van der Waals surface area contributed by atoms with Crippen LogP contribution < -0.4 is 0 Å². The lowest BCUT2D eigenvalue weighted by atomic mass is 10.5. The fourth-order valence-electron chi connectivity index (χ4n) is 1.28. The van der Waals surface area contributed by atoms with E-state index in [1.165, 1.54) is 0 Å². The summed E-state index contributed by atoms with van der Waals surface area (Å²) in [6.45, 7) is 5.76. The van der Waals surface area contributed by atoms with Crippen molar-refractivity contribution in [3.8, 4) is 0 Å². The van der Waals surface area contributed by atoms with Gasteiger partial charge in [-0.1, -0.05) is 0 Å². The van der Waals surface area contributed by atoms with E-state index in [4.69, 9.17) is 0 Å². The second-order valence-corrected chi connectivity index (χ2v) is 2.87. The minimum Gasteiger partial charge on any atom is -0.219 e. The number of nitrogens with zero attached hydrogens (tertiary/aromatic N) is 4. The number of aryl methyl sites for hydroxylation is 3. The zero-order valence-corrected chi connectivity index (χ0v) is 7.37. The third-order valence-corrected chi connectivity index (χ3v) is 1.72. The highest BCUT2D eigenvalue weighted by atomic mass is 15.3. The standard InChI is InChI=1S/C8H10N4/c1-5-4-8-10-6(2)9-7(3)12(8)11-5/h4H,1-3H3. The van der Waals surface area contributed by atoms with Gasteiger partial charge in [0.25, 0.3) is 0 Å². The molecule has 0 unspecified atom stereocenters. The first-order valence-electron chi connectivity index (χ1n) is 3.84. The molecule has 0 aliphatic carbocycles. The second kappa shape index (κ2) is 2.27. The van der Waals surface area contributed by atoms with Crippen molar-refractivity contribution in [2.75, 3.05) is 0 Å². The van der Waals surface area contributed by atoms with Gasteiger partial charge in [-0.3, -0.25) is 0 Å². The van der Waals surface area contributed by atoms with E-state index in [1.807, 2.05) is 26.8 Å². The van der Waals surface area contributed by atoms with Crippen LogP contribution in [0.3, 0.4) is 0 Å². The van der Waals surface area contributed by atoms with Crippen LogP contribution in [-0.4, -0.2) is 19.6 Å². The van der Waals surface area contributed by atoms with Crippen LogP contribution >= 0.6 is 0 Å². The Morgan fingerprint density at radius 2 is 1.92 bits per heavy atom. The van der Waals surface area contributed by atoms with Gasteiger partial charge >= 0.3 is 0 Å². The summed E-state index contributed by atoms with van der Waals surface area (Å²) in [7, 11) is 0. The summed E-state index contributed by atoms with van der Waals surface area (Å²) >= 11 is 0. The zero-order chi connectivity index (χ0) is 8.72. The van der Waals surface area contributed by atoms with Gasteiger partial charge in [0.2, 0.25) is 0 Å². The van der Waals surface area contributed by atoms with Crippen LogP contribution in [-0.2, 0) is 0 Å². The lowest BCUT2D eigenvalue weighted by Crippen LogP contribution is -2.01. The van der Waals surface area contributed by atoms with Gasteiger partial charge in [-0.15, -0.1) is 0 Å². The Kier molecular flexibility index (Phi) is 1.36. The topological polar surface area (TPSA) is 43.1 Å². The molecular formula is C8H10N4. The molecule has 4 nitrogen and oxygen atoms in total. The van der Waals surface area contributed by atoms with Crippen LogP contribution in [0, 0.1) is 20.8 Å². The van der Waals surface area contributed by atoms with Crippen LogP contribution in [0.4, 0.5) is 0 Å². The van der Waals surface area contributed by atoms with E-state index < -0.39 is 0 Å². The number of hydrogen-bond donors (Lipinski definition) is 0. The van der Waals surface area contributed by atoms with Crippen molar-refractivity contribution in [2.45, 2.75) is 20.8 Å². The van der Waals surface area contributed by atoms with Crippen LogP contribution in [0.1, 0.15) is 17.3 Å². The molecule has 0 atom stereocenters. The van der Waals surface area contributed by atoms with E-state index in [-0.39, 0.29) is 0 Å². The Balaban J connectivity index is 2.88. The van der Waals surface area contributed by atoms with Gasteiger partial charge in [-0.25, -0.2) is 14.5 Å². The molecule has 2 rings (SSSR count). The predicted molar refractivity (Wildman–Crippen MR) is 45.0 cm³/mol. The van der Waals surface area contributed by atoms with E-state index in [0.29, 0.717) is 0 Å². The molecule has 2 aromatic rings. The molecule has 0 radical (unpaired) electrons. The fourth-order valence-corrected chi connectivity index (χ4v) is 1.28. The van der Waals surface area contributed by atoms with E-state index in [1.54, 1.807) is 4.52 Å². The molecule has 12 heavy (non-hydrogen) atoms. The maximum absolute atomic E-state index is 4.25. The van der Waals surface area contributed by atoms with Crippen LogP contribution in [0.25, 0.3) is 5.65 Å². The summed E-state index contributed by atoms with van der Waals surface area (Å²) < 4.78 is 1.75. The highest BCUT2D eigenvalue weighted by Crippen LogP contribution is 2.04. The van der Waals surface area contributed by atoms with Gasteiger partial charge in [-0.05, 0) is 20.8 Å². The van der Waals surface area contributed by atoms with Crippen molar-refractivity contribution in [1.29, 1.82) is 0 Å². The summed E-state index contributed by atoms with van der Waals surface area (Å²) in [5.74, 6) is 1.67. The summed E-state index contributed by atoms with van der Waals surface area (Å²) in [6.07, 6.45) is 0. The molecule has 0 N–H and O–H groups in total. The largest absolute Gasteiger partial charge is 0.219 e. The Morgan fingerprint density at radius 3 is 2.67 bits per heavy atom. The lowest BCUT2D eigenvalue weighted by Gasteiger charge is -1.97. The van der Waals surface area contributed by atoms with E-state index in [0.717, 1.165) is 23.0 Å². The molecule has 0 amide bonds. The summed E-state index contributed by atoms with van der Waals surface area (Å²) in [5.41, 5.74) is 1.84. The Bertz CT molecular complexity index is 430. The first kappa shape index (κ1) is 7.21. The van der Waals surface area contributed by atoms with Crippen molar-refractivity contribution in [3.63, 3.8) is 0 Å². The molecule has 62 valence electrons. The lowest BCUT2D eigenvalue weighted by molar-refractivity contribution is 0.808. The monoisotopic (exact) mass is 162 g/mol.